The van der Waals surface area contributed by atoms with Crippen molar-refractivity contribution in [3.05, 3.63) is 30.3 Å². The van der Waals surface area contributed by atoms with Crippen molar-refractivity contribution in [2.45, 2.75) is 57.4 Å². The van der Waals surface area contributed by atoms with Crippen LogP contribution in [0.15, 0.2) is 30.3 Å². The summed E-state index contributed by atoms with van der Waals surface area (Å²) in [5.74, 6) is 0. The highest BCUT2D eigenvalue weighted by Gasteiger charge is 2.27. The van der Waals surface area contributed by atoms with Crippen LogP contribution in [0.1, 0.15) is 51.4 Å². The van der Waals surface area contributed by atoms with Crippen LogP contribution in [-0.2, 0) is 0 Å². The predicted molar refractivity (Wildman–Crippen MR) is 99.3 cm³/mol. The lowest BCUT2D eigenvalue weighted by atomic mass is 9.99. The molecule has 132 valence electrons. The Hall–Kier alpha value is -1.55. The van der Waals surface area contributed by atoms with E-state index >= 15 is 0 Å². The van der Waals surface area contributed by atoms with E-state index in [-0.39, 0.29) is 6.03 Å². The van der Waals surface area contributed by atoms with Gasteiger partial charge in [-0.05, 0) is 63.7 Å². The molecule has 1 N–H and O–H groups in total. The molecule has 24 heavy (non-hydrogen) atoms. The van der Waals surface area contributed by atoms with Gasteiger partial charge in [-0.2, -0.15) is 0 Å². The van der Waals surface area contributed by atoms with Crippen LogP contribution in [0.3, 0.4) is 0 Å². The first kappa shape index (κ1) is 17.3. The van der Waals surface area contributed by atoms with Crippen molar-refractivity contribution in [1.29, 1.82) is 0 Å². The van der Waals surface area contributed by atoms with Gasteiger partial charge in [-0.25, -0.2) is 4.79 Å². The maximum absolute atomic E-state index is 12.7. The number of anilines is 1. The fraction of sp³-hybridized carbons (Fsp3) is 0.650. The molecule has 2 heterocycles. The van der Waals surface area contributed by atoms with E-state index in [1.807, 2.05) is 30.3 Å². The summed E-state index contributed by atoms with van der Waals surface area (Å²) in [6.07, 6.45) is 10.1. The monoisotopic (exact) mass is 329 g/mol. The van der Waals surface area contributed by atoms with Crippen LogP contribution in [0.5, 0.6) is 0 Å². The number of piperidine rings is 1. The second kappa shape index (κ2) is 9.07. The first-order valence-electron chi connectivity index (χ1n) is 9.68. The van der Waals surface area contributed by atoms with E-state index in [4.69, 9.17) is 0 Å². The molecular weight excluding hydrogens is 298 g/mol. The first-order chi connectivity index (χ1) is 11.8. The molecule has 0 bridgehead atoms. The number of para-hydroxylation sites is 1. The number of hydrogen-bond donors (Lipinski definition) is 1. The van der Waals surface area contributed by atoms with Crippen molar-refractivity contribution in [2.24, 2.45) is 0 Å². The predicted octanol–water partition coefficient (Wildman–Crippen LogP) is 4.34. The first-order valence-corrected chi connectivity index (χ1v) is 9.68. The van der Waals surface area contributed by atoms with Gasteiger partial charge < -0.3 is 15.1 Å². The smallest absolute Gasteiger partial charge is 0.322 e. The summed E-state index contributed by atoms with van der Waals surface area (Å²) in [5, 5.41) is 3.06. The van der Waals surface area contributed by atoms with Gasteiger partial charge in [0, 0.05) is 24.8 Å². The minimum absolute atomic E-state index is 0.0711. The third kappa shape index (κ3) is 4.97. The number of nitrogens with one attached hydrogen (secondary N) is 1. The fourth-order valence-corrected chi connectivity index (χ4v) is 3.98. The van der Waals surface area contributed by atoms with Gasteiger partial charge in [0.05, 0.1) is 0 Å². The van der Waals surface area contributed by atoms with Crippen LogP contribution in [0.2, 0.25) is 0 Å². The van der Waals surface area contributed by atoms with Crippen molar-refractivity contribution in [3.8, 4) is 0 Å². The molecule has 0 radical (unpaired) electrons. The minimum Gasteiger partial charge on any atom is -0.322 e. The van der Waals surface area contributed by atoms with Gasteiger partial charge >= 0.3 is 6.03 Å². The molecule has 1 aromatic rings. The Balaban J connectivity index is 1.53. The van der Waals surface area contributed by atoms with Crippen LogP contribution >= 0.6 is 0 Å². The molecule has 0 aliphatic carbocycles. The SMILES string of the molecule is O=C(Nc1ccccc1)N1CCCC[C@H]1CCN1CCCCCC1. The summed E-state index contributed by atoms with van der Waals surface area (Å²) in [7, 11) is 0. The maximum Gasteiger partial charge on any atom is 0.322 e. The molecule has 0 spiro atoms. The second-order valence-electron chi connectivity index (χ2n) is 7.18. The maximum atomic E-state index is 12.7. The Bertz CT molecular complexity index is 497. The number of rotatable bonds is 4. The lowest BCUT2D eigenvalue weighted by Crippen LogP contribution is -2.47. The van der Waals surface area contributed by atoms with E-state index in [1.165, 1.54) is 45.2 Å². The van der Waals surface area contributed by atoms with Crippen LogP contribution in [0.4, 0.5) is 10.5 Å². The average Bonchev–Trinajstić information content (AvgIpc) is 2.90. The summed E-state index contributed by atoms with van der Waals surface area (Å²) in [5.41, 5.74) is 0.888. The number of carbonyl (C=O) groups excluding carboxylic acids is 1. The summed E-state index contributed by atoms with van der Waals surface area (Å²) in [6.45, 7) is 4.51. The van der Waals surface area contributed by atoms with Crippen LogP contribution < -0.4 is 5.32 Å². The Morgan fingerprint density at radius 3 is 2.42 bits per heavy atom. The number of carbonyl (C=O) groups is 1. The van der Waals surface area contributed by atoms with E-state index < -0.39 is 0 Å². The normalized spacial score (nSPS) is 22.8. The van der Waals surface area contributed by atoms with Crippen molar-refractivity contribution in [2.75, 3.05) is 31.5 Å². The molecule has 1 aromatic carbocycles. The van der Waals surface area contributed by atoms with Crippen LogP contribution in [0, 0.1) is 0 Å². The molecule has 2 aliphatic heterocycles. The number of likely N-dealkylation sites (tertiary alicyclic amines) is 2. The highest BCUT2D eigenvalue weighted by Crippen LogP contribution is 2.22. The largest absolute Gasteiger partial charge is 0.322 e. The van der Waals surface area contributed by atoms with Gasteiger partial charge in [0.25, 0.3) is 0 Å². The Morgan fingerprint density at radius 1 is 0.958 bits per heavy atom. The molecule has 4 heteroatoms. The second-order valence-corrected chi connectivity index (χ2v) is 7.18. The zero-order valence-electron chi connectivity index (χ0n) is 14.8. The van der Waals surface area contributed by atoms with E-state index in [0.717, 1.165) is 38.0 Å². The van der Waals surface area contributed by atoms with Gasteiger partial charge in [0.1, 0.15) is 0 Å². The molecule has 4 nitrogen and oxygen atoms in total. The zero-order chi connectivity index (χ0) is 16.6. The lowest BCUT2D eigenvalue weighted by Gasteiger charge is -2.37. The summed E-state index contributed by atoms with van der Waals surface area (Å²) in [4.78, 5) is 17.4. The summed E-state index contributed by atoms with van der Waals surface area (Å²) in [6, 6.07) is 10.3. The van der Waals surface area contributed by atoms with Crippen LogP contribution in [-0.4, -0.2) is 48.1 Å². The third-order valence-electron chi connectivity index (χ3n) is 5.39. The van der Waals surface area contributed by atoms with E-state index in [0.29, 0.717) is 6.04 Å². The summed E-state index contributed by atoms with van der Waals surface area (Å²) < 4.78 is 0. The van der Waals surface area contributed by atoms with Gasteiger partial charge in [-0.3, -0.25) is 0 Å². The number of nitrogens with zero attached hydrogens (tertiary/aromatic N) is 2. The highest BCUT2D eigenvalue weighted by molar-refractivity contribution is 5.89. The van der Waals surface area contributed by atoms with E-state index in [1.54, 1.807) is 0 Å². The molecule has 2 saturated heterocycles. The Labute approximate surface area is 146 Å². The zero-order valence-corrected chi connectivity index (χ0v) is 14.8. The molecule has 0 aromatic heterocycles. The number of urea groups is 1. The molecule has 2 amide bonds. The van der Waals surface area contributed by atoms with E-state index in [2.05, 4.69) is 15.1 Å². The van der Waals surface area contributed by atoms with Gasteiger partial charge in [0.15, 0.2) is 0 Å². The molecule has 1 atom stereocenters. The topological polar surface area (TPSA) is 35.6 Å². The molecule has 2 aliphatic rings. The van der Waals surface area contributed by atoms with Gasteiger partial charge in [0.2, 0.25) is 0 Å². The van der Waals surface area contributed by atoms with E-state index in [9.17, 15) is 4.79 Å². The average molecular weight is 329 g/mol. The van der Waals surface area contributed by atoms with Crippen LogP contribution in [0.25, 0.3) is 0 Å². The number of hydrogen-bond acceptors (Lipinski definition) is 2. The highest BCUT2D eigenvalue weighted by atomic mass is 16.2. The summed E-state index contributed by atoms with van der Waals surface area (Å²) >= 11 is 0. The molecular formula is C20H31N3O. The molecule has 2 fully saturated rings. The quantitative estimate of drug-likeness (QED) is 0.892. The van der Waals surface area contributed by atoms with Crippen molar-refractivity contribution >= 4 is 11.7 Å². The molecule has 0 saturated carbocycles. The number of benzene rings is 1. The minimum atomic E-state index is 0.0711. The van der Waals surface area contributed by atoms with Crippen molar-refractivity contribution in [3.63, 3.8) is 0 Å². The fourth-order valence-electron chi connectivity index (χ4n) is 3.98. The standard InChI is InChI=1S/C20H31N3O/c24-20(21-18-10-4-3-5-11-18)23-16-9-6-12-19(23)13-17-22-14-7-1-2-8-15-22/h3-5,10-11,19H,1-2,6-9,12-17H2,(H,21,24)/t19-/m0/s1. The van der Waals surface area contributed by atoms with Gasteiger partial charge in [-0.1, -0.05) is 31.0 Å². The molecule has 3 rings (SSSR count). The third-order valence-corrected chi connectivity index (χ3v) is 5.39. The Kier molecular flexibility index (Phi) is 6.53. The lowest BCUT2D eigenvalue weighted by molar-refractivity contribution is 0.146. The molecule has 0 unspecified atom stereocenters. The van der Waals surface area contributed by atoms with Crippen molar-refractivity contribution in [1.82, 2.24) is 9.80 Å². The number of amides is 2. The van der Waals surface area contributed by atoms with Gasteiger partial charge in [-0.15, -0.1) is 0 Å². The Morgan fingerprint density at radius 2 is 1.67 bits per heavy atom. The van der Waals surface area contributed by atoms with Crippen molar-refractivity contribution < 1.29 is 4.79 Å².